The highest BCUT2D eigenvalue weighted by molar-refractivity contribution is 5.59. The number of hydrogen-bond donors (Lipinski definition) is 0. The maximum atomic E-state index is 10.8. The molecule has 0 radical (unpaired) electrons. The number of imidazole rings is 1. The highest BCUT2D eigenvalue weighted by atomic mass is 16.6. The Morgan fingerprint density at radius 2 is 1.82 bits per heavy atom. The maximum absolute atomic E-state index is 10.8. The standard InChI is InChI=1S/C24H22N4O6/c1-16-3-7-18(8-4-16)31-13-20-11-21(26-34-20)17-5-9-19(10-6-17)32-15-24(2)14-27-12-22(28(29)30)25-23(27)33-24/h3-12H,13-15H2,1-2H3/t24-/m1/s1. The average Bonchev–Trinajstić information content (AvgIpc) is 3.52. The van der Waals surface area contributed by atoms with Gasteiger partial charge in [0, 0.05) is 16.6 Å². The van der Waals surface area contributed by atoms with Crippen LogP contribution in [0.15, 0.2) is 65.3 Å². The van der Waals surface area contributed by atoms with Gasteiger partial charge in [-0.2, -0.15) is 0 Å². The zero-order valence-electron chi connectivity index (χ0n) is 18.6. The largest absolute Gasteiger partial charge is 0.489 e. The Hall–Kier alpha value is -4.34. The summed E-state index contributed by atoms with van der Waals surface area (Å²) in [6, 6.07) is 17.4. The van der Waals surface area contributed by atoms with E-state index in [-0.39, 0.29) is 25.0 Å². The lowest BCUT2D eigenvalue weighted by Crippen LogP contribution is -2.38. The number of nitrogens with zero attached hydrogens (tertiary/aromatic N) is 4. The second kappa shape index (κ2) is 8.54. The summed E-state index contributed by atoms with van der Waals surface area (Å²) in [6.07, 6.45) is 1.37. The smallest absolute Gasteiger partial charge is 0.415 e. The van der Waals surface area contributed by atoms with Gasteiger partial charge in [-0.15, -0.1) is 0 Å². The maximum Gasteiger partial charge on any atom is 0.415 e. The molecule has 0 amide bonds. The van der Waals surface area contributed by atoms with Crippen LogP contribution >= 0.6 is 0 Å². The van der Waals surface area contributed by atoms with Crippen molar-refractivity contribution in [3.63, 3.8) is 0 Å². The Balaban J connectivity index is 1.15. The lowest BCUT2D eigenvalue weighted by atomic mass is 10.1. The second-order valence-electron chi connectivity index (χ2n) is 8.41. The van der Waals surface area contributed by atoms with Crippen LogP contribution in [0.2, 0.25) is 0 Å². The normalized spacial score (nSPS) is 16.6. The topological polar surface area (TPSA) is 115 Å². The number of fused-ring (bicyclic) bond motifs is 1. The van der Waals surface area contributed by atoms with Crippen LogP contribution < -0.4 is 14.2 Å². The molecular formula is C24H22N4O6. The van der Waals surface area contributed by atoms with Crippen molar-refractivity contribution in [2.24, 2.45) is 0 Å². The molecule has 0 N–H and O–H groups in total. The SMILES string of the molecule is Cc1ccc(OCc2cc(-c3ccc(OC[C@@]4(C)Cn5cc([N+](=O)[O-])nc5O4)cc3)no2)cc1. The van der Waals surface area contributed by atoms with E-state index in [0.717, 1.165) is 11.3 Å². The van der Waals surface area contributed by atoms with Gasteiger partial charge >= 0.3 is 11.8 Å². The van der Waals surface area contributed by atoms with Gasteiger partial charge in [0.15, 0.2) is 11.4 Å². The highest BCUT2D eigenvalue weighted by Gasteiger charge is 2.41. The molecule has 0 fully saturated rings. The number of hydrogen-bond acceptors (Lipinski definition) is 8. The quantitative estimate of drug-likeness (QED) is 0.276. The van der Waals surface area contributed by atoms with Gasteiger partial charge in [0.05, 0.1) is 6.54 Å². The van der Waals surface area contributed by atoms with Crippen molar-refractivity contribution in [1.82, 2.24) is 14.7 Å². The molecule has 2 aromatic carbocycles. The van der Waals surface area contributed by atoms with Crippen molar-refractivity contribution in [3.05, 3.63) is 82.2 Å². The van der Waals surface area contributed by atoms with Crippen molar-refractivity contribution in [3.8, 4) is 28.8 Å². The summed E-state index contributed by atoms with van der Waals surface area (Å²) in [6.45, 7) is 4.85. The average molecular weight is 462 g/mol. The first-order valence-corrected chi connectivity index (χ1v) is 10.7. The predicted octanol–water partition coefficient (Wildman–Crippen LogP) is 4.56. The predicted molar refractivity (Wildman–Crippen MR) is 121 cm³/mol. The number of benzene rings is 2. The summed E-state index contributed by atoms with van der Waals surface area (Å²) < 4.78 is 24.4. The van der Waals surface area contributed by atoms with E-state index in [4.69, 9.17) is 18.7 Å². The molecule has 4 aromatic rings. The van der Waals surface area contributed by atoms with Gasteiger partial charge in [-0.3, -0.25) is 4.57 Å². The van der Waals surface area contributed by atoms with Gasteiger partial charge < -0.3 is 28.8 Å². The molecule has 3 heterocycles. The number of nitro groups is 1. The molecule has 0 unspecified atom stereocenters. The van der Waals surface area contributed by atoms with E-state index >= 15 is 0 Å². The molecule has 10 nitrogen and oxygen atoms in total. The molecule has 1 aliphatic rings. The fourth-order valence-corrected chi connectivity index (χ4v) is 3.62. The Bertz CT molecular complexity index is 1290. The molecule has 10 heteroatoms. The number of rotatable bonds is 8. The second-order valence-corrected chi connectivity index (χ2v) is 8.41. The van der Waals surface area contributed by atoms with Gasteiger partial charge in [0.1, 0.15) is 36.6 Å². The minimum atomic E-state index is -0.672. The van der Waals surface area contributed by atoms with Crippen LogP contribution in [0.3, 0.4) is 0 Å². The van der Waals surface area contributed by atoms with E-state index in [0.29, 0.717) is 23.7 Å². The Kier molecular flexibility index (Phi) is 5.40. The monoisotopic (exact) mass is 462 g/mol. The third-order valence-corrected chi connectivity index (χ3v) is 5.41. The Labute approximate surface area is 194 Å². The van der Waals surface area contributed by atoms with Crippen molar-refractivity contribution >= 4 is 5.82 Å². The van der Waals surface area contributed by atoms with Crippen molar-refractivity contribution in [2.45, 2.75) is 32.6 Å². The first kappa shape index (κ1) is 21.5. The van der Waals surface area contributed by atoms with Gasteiger partial charge in [0.2, 0.25) is 0 Å². The van der Waals surface area contributed by atoms with Crippen LogP contribution in [-0.4, -0.2) is 31.8 Å². The van der Waals surface area contributed by atoms with E-state index < -0.39 is 10.5 Å². The van der Waals surface area contributed by atoms with Gasteiger partial charge in [-0.25, -0.2) is 0 Å². The summed E-state index contributed by atoms with van der Waals surface area (Å²) in [4.78, 5) is 14.2. The fraction of sp³-hybridized carbons (Fsp3) is 0.250. The zero-order valence-corrected chi connectivity index (χ0v) is 18.6. The molecule has 0 spiro atoms. The molecule has 174 valence electrons. The van der Waals surface area contributed by atoms with Gasteiger partial charge in [0.25, 0.3) is 0 Å². The molecular weight excluding hydrogens is 440 g/mol. The van der Waals surface area contributed by atoms with Crippen LogP contribution in [0.5, 0.6) is 17.5 Å². The van der Waals surface area contributed by atoms with Crippen LogP contribution in [-0.2, 0) is 13.2 Å². The minimum absolute atomic E-state index is 0.223. The molecule has 0 bridgehead atoms. The summed E-state index contributed by atoms with van der Waals surface area (Å²) in [7, 11) is 0. The molecule has 5 rings (SSSR count). The van der Waals surface area contributed by atoms with Crippen LogP contribution in [0.1, 0.15) is 18.2 Å². The minimum Gasteiger partial charge on any atom is -0.489 e. The lowest BCUT2D eigenvalue weighted by molar-refractivity contribution is -0.389. The third kappa shape index (κ3) is 4.56. The van der Waals surface area contributed by atoms with Gasteiger partial charge in [-0.1, -0.05) is 22.9 Å². The molecule has 1 atom stereocenters. The highest BCUT2D eigenvalue weighted by Crippen LogP contribution is 2.32. The number of aryl methyl sites for hydroxylation is 1. The Morgan fingerprint density at radius 1 is 1.12 bits per heavy atom. The van der Waals surface area contributed by atoms with Crippen LogP contribution in [0, 0.1) is 17.0 Å². The summed E-state index contributed by atoms with van der Waals surface area (Å²) >= 11 is 0. The van der Waals surface area contributed by atoms with E-state index in [1.807, 2.05) is 68.4 Å². The van der Waals surface area contributed by atoms with Gasteiger partial charge in [-0.05, 0) is 55.2 Å². The number of aromatic nitrogens is 3. The third-order valence-electron chi connectivity index (χ3n) is 5.41. The van der Waals surface area contributed by atoms with Crippen LogP contribution in [0.25, 0.3) is 11.3 Å². The van der Waals surface area contributed by atoms with E-state index in [1.165, 1.54) is 11.8 Å². The first-order chi connectivity index (χ1) is 16.4. The van der Waals surface area contributed by atoms with Crippen molar-refractivity contribution in [2.75, 3.05) is 6.61 Å². The molecule has 0 saturated carbocycles. The van der Waals surface area contributed by atoms with Crippen LogP contribution in [0.4, 0.5) is 5.82 Å². The summed E-state index contributed by atoms with van der Waals surface area (Å²) in [5.74, 6) is 1.83. The first-order valence-electron chi connectivity index (χ1n) is 10.7. The van der Waals surface area contributed by atoms with Crippen molar-refractivity contribution < 1.29 is 23.7 Å². The summed E-state index contributed by atoms with van der Waals surface area (Å²) in [5, 5.41) is 15.0. The molecule has 0 saturated heterocycles. The number of ether oxygens (including phenoxy) is 3. The fourth-order valence-electron chi connectivity index (χ4n) is 3.62. The summed E-state index contributed by atoms with van der Waals surface area (Å²) in [5.41, 5.74) is 2.08. The van der Waals surface area contributed by atoms with E-state index in [1.54, 1.807) is 4.57 Å². The molecule has 34 heavy (non-hydrogen) atoms. The molecule has 0 aliphatic carbocycles. The van der Waals surface area contributed by atoms with Crippen molar-refractivity contribution in [1.29, 1.82) is 0 Å². The molecule has 1 aliphatic heterocycles. The zero-order chi connectivity index (χ0) is 23.7. The lowest BCUT2D eigenvalue weighted by Gasteiger charge is -2.22. The van der Waals surface area contributed by atoms with E-state index in [2.05, 4.69) is 10.1 Å². The Morgan fingerprint density at radius 3 is 2.53 bits per heavy atom. The molecule has 2 aromatic heterocycles. The van der Waals surface area contributed by atoms with E-state index in [9.17, 15) is 10.1 Å².